The van der Waals surface area contributed by atoms with Crippen LogP contribution < -0.4 is 21.7 Å². The molecule has 2 rings (SSSR count). The number of likely N-dealkylation sites (N-methyl/N-ethyl adjacent to an activating group) is 1. The predicted molar refractivity (Wildman–Crippen MR) is 72.1 cm³/mol. The summed E-state index contributed by atoms with van der Waals surface area (Å²) in [5.74, 6) is 0.878. The van der Waals surface area contributed by atoms with Crippen LogP contribution in [-0.4, -0.2) is 45.0 Å². The Kier molecular flexibility index (Phi) is 4.21. The number of nitrogens with two attached hydrogens (primary N) is 1. The maximum atomic E-state index is 5.87. The van der Waals surface area contributed by atoms with Crippen LogP contribution in [-0.2, 0) is 4.74 Å². The highest BCUT2D eigenvalue weighted by molar-refractivity contribution is 5.81. The van der Waals surface area contributed by atoms with E-state index in [0.29, 0.717) is 11.9 Å². The molecule has 2 aliphatic heterocycles. The second-order valence-corrected chi connectivity index (χ2v) is 4.96. The Morgan fingerprint density at radius 1 is 1.61 bits per heavy atom. The highest BCUT2D eigenvalue weighted by Crippen LogP contribution is 2.24. The lowest BCUT2D eigenvalue weighted by molar-refractivity contribution is 0.189. The fraction of sp³-hybridized carbons (Fsp3) is 0.750. The summed E-state index contributed by atoms with van der Waals surface area (Å²) >= 11 is 0. The number of ether oxygens (including phenoxy) is 1. The summed E-state index contributed by atoms with van der Waals surface area (Å²) in [6.45, 7) is 5.36. The standard InChI is InChI=1S/C12H23N5O/c1-12(15-5-4-14-2)7-10(16-11(13)17-12)9-3-6-18-8-9/h7,9,14-15H,3-6,8H2,1-2H3,(H3,13,16,17). The first kappa shape index (κ1) is 13.3. The van der Waals surface area contributed by atoms with Crippen molar-refractivity contribution in [2.45, 2.75) is 19.0 Å². The summed E-state index contributed by atoms with van der Waals surface area (Å²) in [6.07, 6.45) is 3.16. The van der Waals surface area contributed by atoms with Gasteiger partial charge < -0.3 is 21.1 Å². The minimum Gasteiger partial charge on any atom is -0.381 e. The van der Waals surface area contributed by atoms with Gasteiger partial charge in [-0.3, -0.25) is 5.32 Å². The monoisotopic (exact) mass is 253 g/mol. The van der Waals surface area contributed by atoms with Crippen LogP contribution in [0.25, 0.3) is 0 Å². The molecule has 0 aromatic heterocycles. The molecule has 0 radical (unpaired) electrons. The Morgan fingerprint density at radius 3 is 3.11 bits per heavy atom. The van der Waals surface area contributed by atoms with Crippen molar-refractivity contribution < 1.29 is 4.74 Å². The Balaban J connectivity index is 2.05. The number of rotatable bonds is 5. The SMILES string of the molecule is CNCCNC1(C)C=C(C2CCOC2)NC(N)=N1. The fourth-order valence-electron chi connectivity index (χ4n) is 2.33. The largest absolute Gasteiger partial charge is 0.381 e. The first-order valence-corrected chi connectivity index (χ1v) is 6.45. The molecule has 2 heterocycles. The van der Waals surface area contributed by atoms with Crippen molar-refractivity contribution in [2.75, 3.05) is 33.4 Å². The maximum Gasteiger partial charge on any atom is 0.195 e. The van der Waals surface area contributed by atoms with Crippen molar-refractivity contribution in [3.05, 3.63) is 11.8 Å². The van der Waals surface area contributed by atoms with E-state index in [0.717, 1.165) is 38.4 Å². The van der Waals surface area contributed by atoms with Gasteiger partial charge in [0.1, 0.15) is 5.66 Å². The molecule has 0 saturated carbocycles. The van der Waals surface area contributed by atoms with Crippen LogP contribution in [0.2, 0.25) is 0 Å². The number of nitrogens with zero attached hydrogens (tertiary/aromatic N) is 1. The molecule has 1 fully saturated rings. The van der Waals surface area contributed by atoms with Gasteiger partial charge >= 0.3 is 0 Å². The number of hydrogen-bond donors (Lipinski definition) is 4. The number of guanidine groups is 1. The Bertz CT molecular complexity index is 348. The third kappa shape index (κ3) is 3.22. The molecule has 0 bridgehead atoms. The second kappa shape index (κ2) is 5.69. The summed E-state index contributed by atoms with van der Waals surface area (Å²) in [5.41, 5.74) is 6.57. The van der Waals surface area contributed by atoms with Crippen molar-refractivity contribution in [1.82, 2.24) is 16.0 Å². The lowest BCUT2D eigenvalue weighted by Crippen LogP contribution is -2.50. The van der Waals surface area contributed by atoms with Crippen molar-refractivity contribution >= 4 is 5.96 Å². The van der Waals surface area contributed by atoms with Crippen molar-refractivity contribution in [3.63, 3.8) is 0 Å². The van der Waals surface area contributed by atoms with Crippen LogP contribution in [0, 0.1) is 5.92 Å². The Hall–Kier alpha value is -1.11. The third-order valence-corrected chi connectivity index (χ3v) is 3.29. The van der Waals surface area contributed by atoms with Gasteiger partial charge in [-0.05, 0) is 26.5 Å². The van der Waals surface area contributed by atoms with Gasteiger partial charge in [0.25, 0.3) is 0 Å². The molecule has 6 nitrogen and oxygen atoms in total. The first-order valence-electron chi connectivity index (χ1n) is 6.45. The molecule has 5 N–H and O–H groups in total. The van der Waals surface area contributed by atoms with E-state index >= 15 is 0 Å². The molecule has 1 saturated heterocycles. The van der Waals surface area contributed by atoms with E-state index in [-0.39, 0.29) is 0 Å². The van der Waals surface area contributed by atoms with Gasteiger partial charge in [-0.15, -0.1) is 0 Å². The normalized spacial score (nSPS) is 31.8. The van der Waals surface area contributed by atoms with Gasteiger partial charge in [0.2, 0.25) is 0 Å². The van der Waals surface area contributed by atoms with Crippen LogP contribution in [0.15, 0.2) is 16.8 Å². The summed E-state index contributed by atoms with van der Waals surface area (Å²) in [5, 5.41) is 9.66. The molecule has 2 aliphatic rings. The lowest BCUT2D eigenvalue weighted by Gasteiger charge is -2.31. The van der Waals surface area contributed by atoms with E-state index < -0.39 is 5.66 Å². The van der Waals surface area contributed by atoms with Crippen LogP contribution in [0.5, 0.6) is 0 Å². The average molecular weight is 253 g/mol. The molecular formula is C12H23N5O. The highest BCUT2D eigenvalue weighted by Gasteiger charge is 2.29. The van der Waals surface area contributed by atoms with Crippen molar-refractivity contribution in [1.29, 1.82) is 0 Å². The molecule has 0 aromatic rings. The topological polar surface area (TPSA) is 83.7 Å². The number of hydrogen-bond acceptors (Lipinski definition) is 6. The third-order valence-electron chi connectivity index (χ3n) is 3.29. The molecule has 0 aromatic carbocycles. The van der Waals surface area contributed by atoms with Gasteiger partial charge in [0.05, 0.1) is 6.61 Å². The summed E-state index contributed by atoms with van der Waals surface area (Å²) in [6, 6.07) is 0. The average Bonchev–Trinajstić information content (AvgIpc) is 2.81. The predicted octanol–water partition coefficient (Wildman–Crippen LogP) is -0.650. The summed E-state index contributed by atoms with van der Waals surface area (Å²) in [4.78, 5) is 4.43. The quantitative estimate of drug-likeness (QED) is 0.489. The minimum atomic E-state index is -0.426. The van der Waals surface area contributed by atoms with Crippen LogP contribution in [0.3, 0.4) is 0 Å². The number of nitrogens with one attached hydrogen (secondary N) is 3. The van der Waals surface area contributed by atoms with Gasteiger partial charge in [0, 0.05) is 31.3 Å². The fourth-order valence-corrected chi connectivity index (χ4v) is 2.33. The molecule has 0 aliphatic carbocycles. The van der Waals surface area contributed by atoms with E-state index in [9.17, 15) is 0 Å². The number of aliphatic imine (C=N–C) groups is 1. The molecule has 6 heteroatoms. The zero-order valence-electron chi connectivity index (χ0n) is 11.1. The lowest BCUT2D eigenvalue weighted by atomic mass is 9.99. The van der Waals surface area contributed by atoms with Crippen LogP contribution >= 0.6 is 0 Å². The molecule has 2 unspecified atom stereocenters. The minimum absolute atomic E-state index is 0.407. The summed E-state index contributed by atoms with van der Waals surface area (Å²) < 4.78 is 5.42. The zero-order chi connectivity index (χ0) is 13.0. The van der Waals surface area contributed by atoms with Gasteiger partial charge in [0.15, 0.2) is 5.96 Å². The zero-order valence-corrected chi connectivity index (χ0v) is 11.1. The van der Waals surface area contributed by atoms with Gasteiger partial charge in [-0.2, -0.15) is 0 Å². The Morgan fingerprint density at radius 2 is 2.44 bits per heavy atom. The van der Waals surface area contributed by atoms with E-state index in [1.807, 2.05) is 14.0 Å². The molecule has 2 atom stereocenters. The smallest absolute Gasteiger partial charge is 0.195 e. The van der Waals surface area contributed by atoms with E-state index in [2.05, 4.69) is 27.0 Å². The van der Waals surface area contributed by atoms with E-state index in [4.69, 9.17) is 10.5 Å². The van der Waals surface area contributed by atoms with Gasteiger partial charge in [-0.1, -0.05) is 0 Å². The molecule has 0 spiro atoms. The molecular weight excluding hydrogens is 230 g/mol. The Labute approximate surface area is 108 Å². The molecule has 18 heavy (non-hydrogen) atoms. The molecule has 102 valence electrons. The first-order chi connectivity index (χ1) is 8.63. The van der Waals surface area contributed by atoms with Gasteiger partial charge in [-0.25, -0.2) is 4.99 Å². The van der Waals surface area contributed by atoms with Crippen molar-refractivity contribution in [2.24, 2.45) is 16.6 Å². The second-order valence-electron chi connectivity index (χ2n) is 4.96. The maximum absolute atomic E-state index is 5.87. The highest BCUT2D eigenvalue weighted by atomic mass is 16.5. The van der Waals surface area contributed by atoms with E-state index in [1.54, 1.807) is 0 Å². The molecule has 0 amide bonds. The van der Waals surface area contributed by atoms with Crippen LogP contribution in [0.1, 0.15) is 13.3 Å². The summed E-state index contributed by atoms with van der Waals surface area (Å²) in [7, 11) is 1.93. The van der Waals surface area contributed by atoms with Crippen LogP contribution in [0.4, 0.5) is 0 Å². The van der Waals surface area contributed by atoms with E-state index in [1.165, 1.54) is 0 Å². The van der Waals surface area contributed by atoms with Crippen molar-refractivity contribution in [3.8, 4) is 0 Å².